The van der Waals surface area contributed by atoms with Crippen molar-refractivity contribution in [1.82, 2.24) is 0 Å². The maximum Gasteiger partial charge on any atom is 0.163 e. The van der Waals surface area contributed by atoms with Crippen LogP contribution in [0.3, 0.4) is 0 Å². The molecule has 0 aliphatic carbocycles. The number of ketones is 1. The summed E-state index contributed by atoms with van der Waals surface area (Å²) in [5.74, 6) is -0.696. The van der Waals surface area contributed by atoms with Crippen LogP contribution in [0.25, 0.3) is 21.5 Å². The van der Waals surface area contributed by atoms with E-state index in [1.807, 2.05) is 91.0 Å². The van der Waals surface area contributed by atoms with E-state index in [4.69, 9.17) is 0 Å². The molecule has 0 aliphatic rings. The average Bonchev–Trinajstić information content (AvgIpc) is 2.89. The number of halogens is 1. The third-order valence-electron chi connectivity index (χ3n) is 6.47. The summed E-state index contributed by atoms with van der Waals surface area (Å²) in [5.41, 5.74) is 2.62. The largest absolute Gasteiger partial charge is 0.294 e. The molecule has 3 heteroatoms. The van der Waals surface area contributed by atoms with Gasteiger partial charge in [-0.05, 0) is 50.9 Å². The van der Waals surface area contributed by atoms with Gasteiger partial charge in [-0.1, -0.05) is 107 Å². The molecule has 0 N–H and O–H groups in total. The lowest BCUT2D eigenvalue weighted by molar-refractivity contribution is 0.0972. The quantitative estimate of drug-likeness (QED) is 0.218. The number of carbonyl (C=O) groups excluding carboxylic acids is 1. The highest BCUT2D eigenvalue weighted by Crippen LogP contribution is 2.39. The fraction of sp³-hybridized carbons (Fsp3) is 0.0968. The van der Waals surface area contributed by atoms with Gasteiger partial charge in [-0.15, -0.1) is 0 Å². The first-order valence-corrected chi connectivity index (χ1v) is 12.1. The zero-order valence-electron chi connectivity index (χ0n) is 18.5. The number of nitriles is 1. The summed E-state index contributed by atoms with van der Waals surface area (Å²) in [6.07, 6.45) is 0.251. The summed E-state index contributed by atoms with van der Waals surface area (Å²) in [6.45, 7) is 0. The molecule has 2 atom stereocenters. The molecule has 0 spiro atoms. The molecule has 0 bridgehead atoms. The maximum atomic E-state index is 13.5. The molecule has 5 aromatic rings. The Morgan fingerprint density at radius 3 is 2.21 bits per heavy atom. The van der Waals surface area contributed by atoms with E-state index in [9.17, 15) is 10.1 Å². The Morgan fingerprint density at radius 1 is 0.765 bits per heavy atom. The molecule has 5 aromatic carbocycles. The standard InChI is InChI=1S/C31H22BrNO/c32-26-16-14-23(15-17-26)29(19-31(34)25-13-12-21-6-1-2-8-24(21)18-25)30(20-33)28-11-5-9-22-7-3-4-10-27(22)28/h1-18,29-30H,19H2/t29-,30-/m0/s1. The van der Waals surface area contributed by atoms with Crippen LogP contribution in [0.15, 0.2) is 114 Å². The molecule has 0 unspecified atom stereocenters. The Balaban J connectivity index is 1.57. The number of Topliss-reactive ketones (excluding diaryl/α,β-unsaturated/α-hetero) is 1. The Labute approximate surface area is 207 Å². The van der Waals surface area contributed by atoms with Gasteiger partial charge < -0.3 is 0 Å². The molecule has 0 aliphatic heterocycles. The van der Waals surface area contributed by atoms with E-state index in [0.29, 0.717) is 5.56 Å². The molecular weight excluding hydrogens is 482 g/mol. The summed E-state index contributed by atoms with van der Waals surface area (Å²) in [7, 11) is 0. The molecule has 0 fully saturated rings. The number of fused-ring (bicyclic) bond motifs is 2. The number of nitrogens with zero attached hydrogens (tertiary/aromatic N) is 1. The Bertz CT molecular complexity index is 1530. The van der Waals surface area contributed by atoms with Gasteiger partial charge in [0, 0.05) is 22.4 Å². The van der Waals surface area contributed by atoms with E-state index in [0.717, 1.165) is 37.1 Å². The van der Waals surface area contributed by atoms with Gasteiger partial charge in [0.25, 0.3) is 0 Å². The summed E-state index contributed by atoms with van der Waals surface area (Å²) in [4.78, 5) is 13.5. The second-order valence-corrected chi connectivity index (χ2v) is 9.44. The van der Waals surface area contributed by atoms with Gasteiger partial charge in [-0.3, -0.25) is 4.79 Å². The Morgan fingerprint density at radius 2 is 1.44 bits per heavy atom. The zero-order valence-corrected chi connectivity index (χ0v) is 20.1. The first-order valence-electron chi connectivity index (χ1n) is 11.3. The minimum atomic E-state index is -0.461. The normalized spacial score (nSPS) is 12.8. The lowest BCUT2D eigenvalue weighted by atomic mass is 9.77. The summed E-state index contributed by atoms with van der Waals surface area (Å²) < 4.78 is 0.967. The molecule has 0 heterocycles. The van der Waals surface area contributed by atoms with Crippen LogP contribution in [-0.4, -0.2) is 5.78 Å². The van der Waals surface area contributed by atoms with E-state index in [1.165, 1.54) is 0 Å². The monoisotopic (exact) mass is 503 g/mol. The maximum absolute atomic E-state index is 13.5. The average molecular weight is 504 g/mol. The van der Waals surface area contributed by atoms with Gasteiger partial charge in [0.15, 0.2) is 5.78 Å². The van der Waals surface area contributed by atoms with Crippen molar-refractivity contribution >= 4 is 43.3 Å². The first kappa shape index (κ1) is 22.1. The summed E-state index contributed by atoms with van der Waals surface area (Å²) in [5, 5.41) is 14.7. The van der Waals surface area contributed by atoms with Gasteiger partial charge in [-0.25, -0.2) is 0 Å². The van der Waals surface area contributed by atoms with Gasteiger partial charge >= 0.3 is 0 Å². The number of hydrogen-bond donors (Lipinski definition) is 0. The van der Waals surface area contributed by atoms with Crippen LogP contribution in [0.1, 0.15) is 39.7 Å². The van der Waals surface area contributed by atoms with Gasteiger partial charge in [0.2, 0.25) is 0 Å². The molecule has 0 saturated heterocycles. The van der Waals surface area contributed by atoms with Crippen molar-refractivity contribution < 1.29 is 4.79 Å². The molecule has 0 amide bonds. The molecule has 2 nitrogen and oxygen atoms in total. The van der Waals surface area contributed by atoms with E-state index in [1.54, 1.807) is 0 Å². The third-order valence-corrected chi connectivity index (χ3v) is 7.00. The Kier molecular flexibility index (Phi) is 6.25. The summed E-state index contributed by atoms with van der Waals surface area (Å²) >= 11 is 3.50. The molecule has 0 aromatic heterocycles. The van der Waals surface area contributed by atoms with Crippen LogP contribution in [0, 0.1) is 11.3 Å². The molecule has 0 saturated carbocycles. The van der Waals surface area contributed by atoms with Crippen molar-refractivity contribution in [2.24, 2.45) is 0 Å². The summed E-state index contributed by atoms with van der Waals surface area (Å²) in [6, 6.07) is 38.6. The highest BCUT2D eigenvalue weighted by atomic mass is 79.9. The molecular formula is C31H22BrNO. The fourth-order valence-electron chi connectivity index (χ4n) is 4.72. The van der Waals surface area contributed by atoms with E-state index < -0.39 is 5.92 Å². The minimum Gasteiger partial charge on any atom is -0.294 e. The number of benzene rings is 5. The van der Waals surface area contributed by atoms with Crippen LogP contribution in [-0.2, 0) is 0 Å². The van der Waals surface area contributed by atoms with Crippen molar-refractivity contribution in [2.75, 3.05) is 0 Å². The van der Waals surface area contributed by atoms with Crippen LogP contribution in [0.5, 0.6) is 0 Å². The van der Waals surface area contributed by atoms with Crippen LogP contribution in [0.2, 0.25) is 0 Å². The van der Waals surface area contributed by atoms with Crippen LogP contribution >= 0.6 is 15.9 Å². The molecule has 0 radical (unpaired) electrons. The molecule has 5 rings (SSSR count). The smallest absolute Gasteiger partial charge is 0.163 e. The SMILES string of the molecule is N#C[C@@H](c1cccc2ccccc12)[C@@H](CC(=O)c1ccc2ccccc2c1)c1ccc(Br)cc1. The van der Waals surface area contributed by atoms with Gasteiger partial charge in [-0.2, -0.15) is 5.26 Å². The van der Waals surface area contributed by atoms with Crippen molar-refractivity contribution in [3.05, 3.63) is 130 Å². The fourth-order valence-corrected chi connectivity index (χ4v) is 4.98. The van der Waals surface area contributed by atoms with Crippen molar-refractivity contribution in [3.63, 3.8) is 0 Å². The predicted octanol–water partition coefficient (Wildman–Crippen LogP) is 8.42. The number of carbonyl (C=O) groups is 1. The third kappa shape index (κ3) is 4.38. The minimum absolute atomic E-state index is 0.0409. The van der Waals surface area contributed by atoms with Crippen LogP contribution < -0.4 is 0 Å². The van der Waals surface area contributed by atoms with E-state index in [2.05, 4.69) is 40.2 Å². The van der Waals surface area contributed by atoms with E-state index in [-0.39, 0.29) is 18.1 Å². The lowest BCUT2D eigenvalue weighted by Crippen LogP contribution is -2.15. The topological polar surface area (TPSA) is 40.9 Å². The van der Waals surface area contributed by atoms with Crippen molar-refractivity contribution in [1.29, 1.82) is 5.26 Å². The van der Waals surface area contributed by atoms with Crippen molar-refractivity contribution in [3.8, 4) is 6.07 Å². The number of hydrogen-bond acceptors (Lipinski definition) is 2. The zero-order chi connectivity index (χ0) is 23.5. The number of rotatable bonds is 6. The molecule has 34 heavy (non-hydrogen) atoms. The highest BCUT2D eigenvalue weighted by molar-refractivity contribution is 9.10. The van der Waals surface area contributed by atoms with E-state index >= 15 is 0 Å². The van der Waals surface area contributed by atoms with Gasteiger partial charge in [0.1, 0.15) is 0 Å². The highest BCUT2D eigenvalue weighted by Gasteiger charge is 2.29. The first-order chi connectivity index (χ1) is 16.6. The van der Waals surface area contributed by atoms with Crippen LogP contribution in [0.4, 0.5) is 0 Å². The predicted molar refractivity (Wildman–Crippen MR) is 142 cm³/mol. The van der Waals surface area contributed by atoms with Gasteiger partial charge in [0.05, 0.1) is 12.0 Å². The Hall–Kier alpha value is -3.74. The second-order valence-electron chi connectivity index (χ2n) is 8.52. The lowest BCUT2D eigenvalue weighted by Gasteiger charge is -2.24. The second kappa shape index (κ2) is 9.63. The van der Waals surface area contributed by atoms with Crippen molar-refractivity contribution in [2.45, 2.75) is 18.3 Å². The molecule has 164 valence electrons.